The molecule has 1 fully saturated rings. The molecule has 1 saturated carbocycles. The van der Waals surface area contributed by atoms with E-state index in [4.69, 9.17) is 0 Å². The van der Waals surface area contributed by atoms with Crippen LogP contribution in [0, 0.1) is 2.88 Å². The van der Waals surface area contributed by atoms with Gasteiger partial charge in [-0.3, -0.25) is 0 Å². The fourth-order valence-corrected chi connectivity index (χ4v) is 4.05. The summed E-state index contributed by atoms with van der Waals surface area (Å²) in [5, 5.41) is 16.4. The van der Waals surface area contributed by atoms with Gasteiger partial charge in [-0.1, -0.05) is 0 Å². The van der Waals surface area contributed by atoms with Crippen LogP contribution in [0.2, 0.25) is 0 Å². The molecule has 21 heavy (non-hydrogen) atoms. The molecule has 1 aliphatic rings. The lowest BCUT2D eigenvalue weighted by Gasteiger charge is -2.05. The fourth-order valence-electron chi connectivity index (χ4n) is 2.30. The Labute approximate surface area is 139 Å². The van der Waals surface area contributed by atoms with Crippen molar-refractivity contribution in [1.29, 1.82) is 0 Å². The van der Waals surface area contributed by atoms with Crippen LogP contribution in [0.1, 0.15) is 29.5 Å². The number of nitrogens with zero attached hydrogens (tertiary/aromatic N) is 4. The summed E-state index contributed by atoms with van der Waals surface area (Å²) in [7, 11) is 0. The topological polar surface area (TPSA) is 55.1 Å². The molecule has 7 heteroatoms. The minimum atomic E-state index is 0.552. The van der Waals surface area contributed by atoms with Gasteiger partial charge in [-0.15, -0.1) is 26.6 Å². The zero-order valence-electron chi connectivity index (χ0n) is 11.3. The second-order valence-electron chi connectivity index (χ2n) is 5.20. The molecule has 3 aromatic heterocycles. The first-order valence-corrected chi connectivity index (χ1v) is 8.89. The van der Waals surface area contributed by atoms with Gasteiger partial charge in [0.2, 0.25) is 0 Å². The third-order valence-corrected chi connectivity index (χ3v) is 5.49. The lowest BCUT2D eigenvalue weighted by atomic mass is 10.3. The Kier molecular flexibility index (Phi) is 3.54. The summed E-state index contributed by atoms with van der Waals surface area (Å²) in [6.07, 6.45) is 3.43. The number of aromatic nitrogens is 4. The van der Waals surface area contributed by atoms with Gasteiger partial charge in [-0.05, 0) is 66.1 Å². The molecule has 4 rings (SSSR count). The van der Waals surface area contributed by atoms with Crippen molar-refractivity contribution in [2.75, 3.05) is 11.9 Å². The zero-order chi connectivity index (χ0) is 14.2. The Balaban J connectivity index is 1.47. The molecule has 0 radical (unpaired) electrons. The van der Waals surface area contributed by atoms with Crippen molar-refractivity contribution in [2.45, 2.75) is 25.2 Å². The molecule has 0 aliphatic heterocycles. The first-order valence-electron chi connectivity index (χ1n) is 7.00. The maximum absolute atomic E-state index is 4.62. The Morgan fingerprint density at radius 1 is 1.24 bits per heavy atom. The Bertz CT molecular complexity index is 777. The van der Waals surface area contributed by atoms with Crippen molar-refractivity contribution >= 4 is 45.4 Å². The molecule has 1 aliphatic carbocycles. The highest BCUT2D eigenvalue weighted by Gasteiger charge is 2.29. The highest BCUT2D eigenvalue weighted by molar-refractivity contribution is 14.1. The molecule has 0 atom stereocenters. The van der Waals surface area contributed by atoms with Crippen LogP contribution in [0.4, 0.5) is 5.82 Å². The van der Waals surface area contributed by atoms with Crippen molar-refractivity contribution in [3.8, 4) is 0 Å². The summed E-state index contributed by atoms with van der Waals surface area (Å²) >= 11 is 4.20. The van der Waals surface area contributed by atoms with Gasteiger partial charge in [-0.2, -0.15) is 4.52 Å². The number of nitrogens with one attached hydrogen (secondary N) is 1. The standard InChI is InChI=1S/C14H14IN5S/c15-11-4-3-10(21-11)7-8-16-12-5-6-13-17-18-14(9-1-2-9)20(13)19-12/h3-6,9H,1-2,7-8H2,(H,16,19). The third-order valence-electron chi connectivity index (χ3n) is 3.54. The molecule has 0 aromatic carbocycles. The van der Waals surface area contributed by atoms with Crippen molar-refractivity contribution in [1.82, 2.24) is 19.8 Å². The van der Waals surface area contributed by atoms with Crippen molar-refractivity contribution < 1.29 is 0 Å². The van der Waals surface area contributed by atoms with Crippen molar-refractivity contribution in [2.24, 2.45) is 0 Å². The number of hydrogen-bond acceptors (Lipinski definition) is 5. The quantitative estimate of drug-likeness (QED) is 0.655. The predicted octanol–water partition coefficient (Wildman–Crippen LogP) is 3.32. The lowest BCUT2D eigenvalue weighted by molar-refractivity contribution is 0.813. The summed E-state index contributed by atoms with van der Waals surface area (Å²) in [6, 6.07) is 8.29. The fraction of sp³-hybridized carbons (Fsp3) is 0.357. The number of halogens is 1. The first kappa shape index (κ1) is 13.4. The van der Waals surface area contributed by atoms with E-state index in [9.17, 15) is 0 Å². The highest BCUT2D eigenvalue weighted by atomic mass is 127. The van der Waals surface area contributed by atoms with Crippen LogP contribution in [0.15, 0.2) is 24.3 Å². The van der Waals surface area contributed by atoms with E-state index >= 15 is 0 Å². The van der Waals surface area contributed by atoms with Crippen LogP contribution in [-0.4, -0.2) is 26.4 Å². The van der Waals surface area contributed by atoms with Crippen LogP contribution < -0.4 is 5.32 Å². The number of hydrogen-bond donors (Lipinski definition) is 1. The van der Waals surface area contributed by atoms with Gasteiger partial charge in [0.25, 0.3) is 0 Å². The van der Waals surface area contributed by atoms with Gasteiger partial charge in [-0.25, -0.2) is 0 Å². The van der Waals surface area contributed by atoms with E-state index in [2.05, 4.69) is 55.3 Å². The molecule has 0 bridgehead atoms. The van der Waals surface area contributed by atoms with E-state index < -0.39 is 0 Å². The second kappa shape index (κ2) is 5.53. The van der Waals surface area contributed by atoms with Gasteiger partial charge in [0.05, 0.1) is 2.88 Å². The Hall–Kier alpha value is -1.22. The van der Waals surface area contributed by atoms with Gasteiger partial charge in [0.15, 0.2) is 11.5 Å². The van der Waals surface area contributed by atoms with Gasteiger partial charge >= 0.3 is 0 Å². The highest BCUT2D eigenvalue weighted by Crippen LogP contribution is 2.38. The molecule has 5 nitrogen and oxygen atoms in total. The summed E-state index contributed by atoms with van der Waals surface area (Å²) < 4.78 is 3.22. The predicted molar refractivity (Wildman–Crippen MR) is 92.0 cm³/mol. The molecular formula is C14H14IN5S. The molecule has 0 amide bonds. The summed E-state index contributed by atoms with van der Waals surface area (Å²) in [5.41, 5.74) is 0.829. The van der Waals surface area contributed by atoms with Crippen molar-refractivity contribution in [3.63, 3.8) is 0 Å². The molecule has 0 spiro atoms. The maximum Gasteiger partial charge on any atom is 0.178 e. The number of thiophene rings is 1. The average molecular weight is 411 g/mol. The maximum atomic E-state index is 4.62. The Morgan fingerprint density at radius 2 is 2.14 bits per heavy atom. The van der Waals surface area contributed by atoms with Gasteiger partial charge < -0.3 is 5.32 Å². The number of anilines is 1. The van der Waals surface area contributed by atoms with E-state index in [0.717, 1.165) is 30.3 Å². The second-order valence-corrected chi connectivity index (χ2v) is 8.27. The van der Waals surface area contributed by atoms with E-state index in [0.29, 0.717) is 5.92 Å². The largest absolute Gasteiger partial charge is 0.368 e. The summed E-state index contributed by atoms with van der Waals surface area (Å²) in [5.74, 6) is 2.44. The van der Waals surface area contributed by atoms with Crippen LogP contribution in [0.5, 0.6) is 0 Å². The van der Waals surface area contributed by atoms with E-state index in [1.807, 2.05) is 28.0 Å². The molecule has 0 saturated heterocycles. The third kappa shape index (κ3) is 2.89. The van der Waals surface area contributed by atoms with E-state index in [1.54, 1.807) is 0 Å². The van der Waals surface area contributed by atoms with Crippen molar-refractivity contribution in [3.05, 3.63) is 37.9 Å². The average Bonchev–Trinajstić information content (AvgIpc) is 3.11. The minimum absolute atomic E-state index is 0.552. The molecule has 3 heterocycles. The van der Waals surface area contributed by atoms with Gasteiger partial charge in [0, 0.05) is 17.3 Å². The Morgan fingerprint density at radius 3 is 2.90 bits per heavy atom. The smallest absolute Gasteiger partial charge is 0.178 e. The van der Waals surface area contributed by atoms with Gasteiger partial charge in [0.1, 0.15) is 5.82 Å². The number of fused-ring (bicyclic) bond motifs is 1. The number of rotatable bonds is 5. The zero-order valence-corrected chi connectivity index (χ0v) is 14.3. The summed E-state index contributed by atoms with van der Waals surface area (Å²) in [4.78, 5) is 1.40. The monoisotopic (exact) mass is 411 g/mol. The lowest BCUT2D eigenvalue weighted by Crippen LogP contribution is -2.08. The van der Waals surface area contributed by atoms with Crippen LogP contribution >= 0.6 is 33.9 Å². The SMILES string of the molecule is Ic1ccc(CCNc2ccc3nnc(C4CC4)n3n2)s1. The molecule has 0 unspecified atom stereocenters. The normalized spacial score (nSPS) is 14.7. The van der Waals surface area contributed by atoms with Crippen LogP contribution in [0.25, 0.3) is 5.65 Å². The van der Waals surface area contributed by atoms with Crippen LogP contribution in [-0.2, 0) is 6.42 Å². The van der Waals surface area contributed by atoms with Crippen LogP contribution in [0.3, 0.4) is 0 Å². The molecular weight excluding hydrogens is 397 g/mol. The molecule has 1 N–H and O–H groups in total. The molecule has 108 valence electrons. The minimum Gasteiger partial charge on any atom is -0.368 e. The first-order chi connectivity index (χ1) is 10.3. The van der Waals surface area contributed by atoms with E-state index in [1.165, 1.54) is 20.6 Å². The van der Waals surface area contributed by atoms with E-state index in [-0.39, 0.29) is 0 Å². The summed E-state index contributed by atoms with van der Waals surface area (Å²) in [6.45, 7) is 0.885. The molecule has 3 aromatic rings.